The van der Waals surface area contributed by atoms with Crippen LogP contribution in [0.15, 0.2) is 84.9 Å². The molecule has 0 saturated carbocycles. The standard InChI is InChI=1S/C21H20N2O3S/c24-21(19-11-7-10-18(16-19)17-8-3-1-4-9-17)22-14-15-27(25,26)23-20-12-5-2-6-13-20/h1-13,16,23H,14-15H2,(H,22,24). The molecule has 0 saturated heterocycles. The Kier molecular flexibility index (Phi) is 5.88. The molecule has 0 aliphatic rings. The molecule has 0 bridgehead atoms. The summed E-state index contributed by atoms with van der Waals surface area (Å²) in [4.78, 5) is 12.3. The van der Waals surface area contributed by atoms with Crippen molar-refractivity contribution in [2.75, 3.05) is 17.0 Å². The van der Waals surface area contributed by atoms with E-state index in [0.29, 0.717) is 11.3 Å². The second-order valence-corrected chi connectivity index (χ2v) is 7.83. The Hall–Kier alpha value is -3.12. The van der Waals surface area contributed by atoms with Gasteiger partial charge in [0.25, 0.3) is 5.91 Å². The van der Waals surface area contributed by atoms with Gasteiger partial charge in [0.2, 0.25) is 10.0 Å². The highest BCUT2D eigenvalue weighted by atomic mass is 32.2. The maximum atomic E-state index is 12.3. The molecule has 6 heteroatoms. The Labute approximate surface area is 159 Å². The lowest BCUT2D eigenvalue weighted by molar-refractivity contribution is 0.0956. The summed E-state index contributed by atoms with van der Waals surface area (Å²) in [5.41, 5.74) is 2.94. The Bertz CT molecular complexity index is 1000. The topological polar surface area (TPSA) is 75.3 Å². The molecule has 3 rings (SSSR count). The molecule has 0 fully saturated rings. The summed E-state index contributed by atoms with van der Waals surface area (Å²) in [6, 6.07) is 25.6. The molecule has 0 unspecified atom stereocenters. The predicted octanol–water partition coefficient (Wildman–Crippen LogP) is 3.53. The number of nitrogens with one attached hydrogen (secondary N) is 2. The molecule has 0 radical (unpaired) electrons. The molecule has 0 heterocycles. The van der Waals surface area contributed by atoms with Crippen LogP contribution in [-0.2, 0) is 10.0 Å². The molecular formula is C21H20N2O3S. The van der Waals surface area contributed by atoms with Gasteiger partial charge in [-0.3, -0.25) is 9.52 Å². The van der Waals surface area contributed by atoms with Gasteiger partial charge in [-0.1, -0.05) is 60.7 Å². The van der Waals surface area contributed by atoms with E-state index in [2.05, 4.69) is 10.0 Å². The van der Waals surface area contributed by atoms with Crippen molar-refractivity contribution in [2.45, 2.75) is 0 Å². The minimum absolute atomic E-state index is 0.0244. The number of sulfonamides is 1. The third-order valence-electron chi connectivity index (χ3n) is 3.94. The van der Waals surface area contributed by atoms with Crippen LogP contribution in [0.5, 0.6) is 0 Å². The molecule has 5 nitrogen and oxygen atoms in total. The summed E-state index contributed by atoms with van der Waals surface area (Å²) in [6.45, 7) is 0.0244. The average Bonchev–Trinajstić information content (AvgIpc) is 2.69. The normalized spacial score (nSPS) is 11.0. The van der Waals surface area contributed by atoms with E-state index in [4.69, 9.17) is 0 Å². The monoisotopic (exact) mass is 380 g/mol. The lowest BCUT2D eigenvalue weighted by atomic mass is 10.0. The van der Waals surface area contributed by atoms with Gasteiger partial charge < -0.3 is 5.32 Å². The number of para-hydroxylation sites is 1. The summed E-state index contributed by atoms with van der Waals surface area (Å²) in [6.07, 6.45) is 0. The maximum absolute atomic E-state index is 12.3. The highest BCUT2D eigenvalue weighted by Gasteiger charge is 2.12. The molecule has 0 aromatic heterocycles. The molecule has 3 aromatic carbocycles. The third-order valence-corrected chi connectivity index (χ3v) is 5.22. The van der Waals surface area contributed by atoms with Crippen LogP contribution in [0.4, 0.5) is 5.69 Å². The minimum Gasteiger partial charge on any atom is -0.351 e. The van der Waals surface area contributed by atoms with E-state index in [9.17, 15) is 13.2 Å². The van der Waals surface area contributed by atoms with Crippen molar-refractivity contribution < 1.29 is 13.2 Å². The van der Waals surface area contributed by atoms with E-state index in [1.807, 2.05) is 48.5 Å². The number of anilines is 1. The van der Waals surface area contributed by atoms with Crippen molar-refractivity contribution in [1.82, 2.24) is 5.32 Å². The highest BCUT2D eigenvalue weighted by molar-refractivity contribution is 7.92. The number of amides is 1. The predicted molar refractivity (Wildman–Crippen MR) is 108 cm³/mol. The molecule has 3 aromatic rings. The summed E-state index contributed by atoms with van der Waals surface area (Å²) in [5, 5.41) is 2.66. The Morgan fingerprint density at radius 1 is 0.778 bits per heavy atom. The fraction of sp³-hybridized carbons (Fsp3) is 0.0952. The number of rotatable bonds is 7. The third kappa shape index (κ3) is 5.43. The van der Waals surface area contributed by atoms with Crippen molar-refractivity contribution in [1.29, 1.82) is 0 Å². The molecule has 0 aliphatic heterocycles. The molecule has 0 atom stereocenters. The molecule has 0 spiro atoms. The SMILES string of the molecule is O=C(NCCS(=O)(=O)Nc1ccccc1)c1cccc(-c2ccccc2)c1. The van der Waals surface area contributed by atoms with Crippen molar-refractivity contribution in [3.8, 4) is 11.1 Å². The molecule has 2 N–H and O–H groups in total. The van der Waals surface area contributed by atoms with E-state index in [0.717, 1.165) is 11.1 Å². The molecule has 138 valence electrons. The summed E-state index contributed by atoms with van der Waals surface area (Å²) >= 11 is 0. The maximum Gasteiger partial charge on any atom is 0.251 e. The van der Waals surface area contributed by atoms with Crippen molar-refractivity contribution in [2.24, 2.45) is 0 Å². The van der Waals surface area contributed by atoms with Gasteiger partial charge in [0, 0.05) is 17.8 Å². The van der Waals surface area contributed by atoms with Crippen LogP contribution in [0, 0.1) is 0 Å². The first-order chi connectivity index (χ1) is 13.0. The smallest absolute Gasteiger partial charge is 0.251 e. The lowest BCUT2D eigenvalue weighted by Crippen LogP contribution is -2.31. The van der Waals surface area contributed by atoms with Gasteiger partial charge in [0.1, 0.15) is 0 Å². The second-order valence-electron chi connectivity index (χ2n) is 5.99. The molecular weight excluding hydrogens is 360 g/mol. The van der Waals surface area contributed by atoms with Gasteiger partial charge in [0.15, 0.2) is 0 Å². The first-order valence-electron chi connectivity index (χ1n) is 8.53. The van der Waals surface area contributed by atoms with Crippen LogP contribution < -0.4 is 10.0 Å². The fourth-order valence-corrected chi connectivity index (χ4v) is 3.58. The van der Waals surface area contributed by atoms with E-state index in [1.165, 1.54) is 0 Å². The van der Waals surface area contributed by atoms with Crippen LogP contribution in [-0.4, -0.2) is 26.6 Å². The first kappa shape index (κ1) is 18.7. The van der Waals surface area contributed by atoms with Crippen LogP contribution >= 0.6 is 0 Å². The van der Waals surface area contributed by atoms with Crippen molar-refractivity contribution >= 4 is 21.6 Å². The minimum atomic E-state index is -3.53. The lowest BCUT2D eigenvalue weighted by Gasteiger charge is -2.09. The van der Waals surface area contributed by atoms with E-state index in [1.54, 1.807) is 36.4 Å². The van der Waals surface area contributed by atoms with Gasteiger partial charge in [0.05, 0.1) is 5.75 Å². The second kappa shape index (κ2) is 8.51. The molecule has 1 amide bonds. The van der Waals surface area contributed by atoms with E-state index in [-0.39, 0.29) is 18.2 Å². The number of benzene rings is 3. The van der Waals surface area contributed by atoms with Crippen molar-refractivity contribution in [3.05, 3.63) is 90.5 Å². The number of hydrogen-bond acceptors (Lipinski definition) is 3. The quantitative estimate of drug-likeness (QED) is 0.658. The largest absolute Gasteiger partial charge is 0.351 e. The van der Waals surface area contributed by atoms with Crippen LogP contribution in [0.1, 0.15) is 10.4 Å². The average molecular weight is 380 g/mol. The van der Waals surface area contributed by atoms with E-state index >= 15 is 0 Å². The van der Waals surface area contributed by atoms with Crippen LogP contribution in [0.3, 0.4) is 0 Å². The Morgan fingerprint density at radius 2 is 1.41 bits per heavy atom. The Balaban J connectivity index is 1.58. The van der Waals surface area contributed by atoms with Gasteiger partial charge in [-0.05, 0) is 35.4 Å². The van der Waals surface area contributed by atoms with Crippen molar-refractivity contribution in [3.63, 3.8) is 0 Å². The van der Waals surface area contributed by atoms with Gasteiger partial charge in [-0.25, -0.2) is 8.42 Å². The Morgan fingerprint density at radius 3 is 2.11 bits per heavy atom. The highest BCUT2D eigenvalue weighted by Crippen LogP contribution is 2.19. The van der Waals surface area contributed by atoms with Crippen LogP contribution in [0.2, 0.25) is 0 Å². The molecule has 27 heavy (non-hydrogen) atoms. The number of carbonyl (C=O) groups is 1. The summed E-state index contributed by atoms with van der Waals surface area (Å²) in [5.74, 6) is -0.505. The summed E-state index contributed by atoms with van der Waals surface area (Å²) in [7, 11) is -3.53. The number of carbonyl (C=O) groups excluding carboxylic acids is 1. The van der Waals surface area contributed by atoms with E-state index < -0.39 is 10.0 Å². The van der Waals surface area contributed by atoms with Gasteiger partial charge in [-0.2, -0.15) is 0 Å². The zero-order valence-electron chi connectivity index (χ0n) is 14.6. The zero-order chi connectivity index (χ0) is 19.1. The summed E-state index contributed by atoms with van der Waals surface area (Å²) < 4.78 is 26.7. The number of hydrogen-bond donors (Lipinski definition) is 2. The van der Waals surface area contributed by atoms with Gasteiger partial charge >= 0.3 is 0 Å². The molecule has 0 aliphatic carbocycles. The van der Waals surface area contributed by atoms with Gasteiger partial charge in [-0.15, -0.1) is 0 Å². The first-order valence-corrected chi connectivity index (χ1v) is 10.2. The van der Waals surface area contributed by atoms with Crippen LogP contribution in [0.25, 0.3) is 11.1 Å². The zero-order valence-corrected chi connectivity index (χ0v) is 15.4. The fourth-order valence-electron chi connectivity index (χ4n) is 2.61.